The van der Waals surface area contributed by atoms with E-state index in [9.17, 15) is 14.9 Å². The summed E-state index contributed by atoms with van der Waals surface area (Å²) < 4.78 is 22.3. The molecule has 7 nitrogen and oxygen atoms in total. The van der Waals surface area contributed by atoms with E-state index in [1.165, 1.54) is 0 Å². The van der Waals surface area contributed by atoms with Gasteiger partial charge in [-0.25, -0.2) is 4.79 Å². The van der Waals surface area contributed by atoms with E-state index in [4.69, 9.17) is 18.9 Å². The van der Waals surface area contributed by atoms with Crippen LogP contribution in [0, 0.1) is 24.2 Å². The Hall–Kier alpha value is -2.79. The molecule has 0 amide bonds. The molecule has 1 unspecified atom stereocenters. The molecule has 1 aliphatic rings. The summed E-state index contributed by atoms with van der Waals surface area (Å²) >= 11 is 0. The summed E-state index contributed by atoms with van der Waals surface area (Å²) in [5.41, 5.74) is 3.94. The number of hydrogen-bond donors (Lipinski definition) is 0. The molecule has 1 aromatic carbocycles. The lowest BCUT2D eigenvalue weighted by Gasteiger charge is -2.21. The number of benzene rings is 1. The molecule has 1 heterocycles. The van der Waals surface area contributed by atoms with Crippen molar-refractivity contribution in [2.24, 2.45) is 5.92 Å². The van der Waals surface area contributed by atoms with Gasteiger partial charge in [0.1, 0.15) is 23.7 Å². The summed E-state index contributed by atoms with van der Waals surface area (Å²) in [4.78, 5) is 24.4. The first-order chi connectivity index (χ1) is 16.0. The van der Waals surface area contributed by atoms with Crippen molar-refractivity contribution in [1.82, 2.24) is 0 Å². The van der Waals surface area contributed by atoms with Crippen LogP contribution in [-0.4, -0.2) is 40.3 Å². The molecule has 0 saturated carbocycles. The Balaban J connectivity index is 2.36. The molecule has 0 aromatic heterocycles. The molecule has 0 fully saturated rings. The Morgan fingerprint density at radius 1 is 1.26 bits per heavy atom. The van der Waals surface area contributed by atoms with Gasteiger partial charge in [0.25, 0.3) is 0 Å². The van der Waals surface area contributed by atoms with E-state index in [1.54, 1.807) is 14.0 Å². The normalized spacial score (nSPS) is 14.2. The first-order valence-electron chi connectivity index (χ1n) is 11.7. The Morgan fingerprint density at radius 2 is 1.97 bits per heavy atom. The van der Waals surface area contributed by atoms with Gasteiger partial charge in [-0.15, -0.1) is 0 Å². The molecule has 186 valence electrons. The topological polar surface area (TPSA) is 94.9 Å². The maximum Gasteiger partial charge on any atom is 0.342 e. The third-order valence-electron chi connectivity index (χ3n) is 5.85. The summed E-state index contributed by atoms with van der Waals surface area (Å²) in [5.74, 6) is 0.0264. The summed E-state index contributed by atoms with van der Waals surface area (Å²) in [7, 11) is 0.279. The Kier molecular flexibility index (Phi) is 9.74. The molecule has 0 saturated heterocycles. The second-order valence-electron chi connectivity index (χ2n) is 9.85. The molecule has 0 bridgehead atoms. The summed E-state index contributed by atoms with van der Waals surface area (Å²) in [6.45, 7) is 13.5. The molecular weight excluding hydrogens is 450 g/mol. The minimum atomic E-state index is -1.34. The van der Waals surface area contributed by atoms with Crippen molar-refractivity contribution in [3.05, 3.63) is 33.9 Å². The largest absolute Gasteiger partial charge is 0.496 e. The van der Waals surface area contributed by atoms with Crippen LogP contribution in [0.3, 0.4) is 0 Å². The number of carbonyl (C=O) groups is 2. The van der Waals surface area contributed by atoms with E-state index < -0.39 is 14.0 Å². The van der Waals surface area contributed by atoms with Crippen LogP contribution in [-0.2, 0) is 27.3 Å². The van der Waals surface area contributed by atoms with Crippen LogP contribution in [0.1, 0.15) is 53.7 Å². The first-order valence-corrected chi connectivity index (χ1v) is 15.5. The number of ether oxygens (including phenoxy) is 4. The molecule has 1 atom stereocenters. The van der Waals surface area contributed by atoms with Crippen molar-refractivity contribution in [2.45, 2.75) is 72.3 Å². The predicted octanol–water partition coefficient (Wildman–Crippen LogP) is 5.36. The van der Waals surface area contributed by atoms with E-state index in [1.807, 2.05) is 19.9 Å². The van der Waals surface area contributed by atoms with Gasteiger partial charge < -0.3 is 18.9 Å². The number of carbonyl (C=O) groups excluding carboxylic acids is 2. The first kappa shape index (κ1) is 27.5. The van der Waals surface area contributed by atoms with Gasteiger partial charge in [0.15, 0.2) is 0 Å². The molecule has 0 spiro atoms. The number of methoxy groups -OCH3 is 1. The lowest BCUT2D eigenvalue weighted by molar-refractivity contribution is -0.143. The molecule has 1 aliphatic heterocycles. The van der Waals surface area contributed by atoms with E-state index >= 15 is 0 Å². The molecule has 8 heteroatoms. The van der Waals surface area contributed by atoms with Crippen LogP contribution in [0.25, 0.3) is 0 Å². The monoisotopic (exact) mass is 487 g/mol. The van der Waals surface area contributed by atoms with Crippen LogP contribution in [0.4, 0.5) is 0 Å². The molecule has 0 radical (unpaired) electrons. The summed E-state index contributed by atoms with van der Waals surface area (Å²) in [6, 6.07) is 3.15. The standard InChI is InChI=1S/C26H37NO6Si/c1-8-31-22(28)14-19(15-27)13-17(2)9-10-20-24(30-4)18(3)21-16-33-26(29)23(21)25(20)32-11-12-34(5,6)7/h9,19H,8,10-14,16H2,1-7H3/b17-9+. The van der Waals surface area contributed by atoms with Crippen molar-refractivity contribution >= 4 is 20.0 Å². The third-order valence-corrected chi connectivity index (χ3v) is 7.55. The number of rotatable bonds is 12. The quantitative estimate of drug-likeness (QED) is 0.222. The van der Waals surface area contributed by atoms with Crippen LogP contribution < -0.4 is 9.47 Å². The fraction of sp³-hybridized carbons (Fsp3) is 0.577. The highest BCUT2D eigenvalue weighted by molar-refractivity contribution is 6.76. The Labute approximate surface area is 204 Å². The zero-order chi connectivity index (χ0) is 25.5. The van der Waals surface area contributed by atoms with Gasteiger partial charge in [0.05, 0.1) is 38.7 Å². The van der Waals surface area contributed by atoms with Crippen LogP contribution in [0.5, 0.6) is 11.5 Å². The van der Waals surface area contributed by atoms with Crippen LogP contribution >= 0.6 is 0 Å². The minimum Gasteiger partial charge on any atom is -0.496 e. The van der Waals surface area contributed by atoms with Crippen molar-refractivity contribution in [3.8, 4) is 17.6 Å². The highest BCUT2D eigenvalue weighted by atomic mass is 28.3. The molecule has 2 rings (SSSR count). The van der Waals surface area contributed by atoms with Gasteiger partial charge in [-0.2, -0.15) is 5.26 Å². The number of nitrogens with zero attached hydrogens (tertiary/aromatic N) is 1. The molecule has 1 aromatic rings. The molecule has 0 aliphatic carbocycles. The average molecular weight is 488 g/mol. The van der Waals surface area contributed by atoms with Crippen molar-refractivity contribution in [3.63, 3.8) is 0 Å². The number of esters is 2. The van der Waals surface area contributed by atoms with E-state index in [-0.39, 0.29) is 25.0 Å². The van der Waals surface area contributed by atoms with Crippen LogP contribution in [0.2, 0.25) is 25.7 Å². The second kappa shape index (κ2) is 12.1. The average Bonchev–Trinajstić information content (AvgIpc) is 3.14. The van der Waals surface area contributed by atoms with Crippen molar-refractivity contribution < 1.29 is 28.5 Å². The van der Waals surface area contributed by atoms with E-state index in [2.05, 4.69) is 25.7 Å². The fourth-order valence-corrected chi connectivity index (χ4v) is 4.68. The maximum atomic E-state index is 12.6. The van der Waals surface area contributed by atoms with Crippen LogP contribution in [0.15, 0.2) is 11.6 Å². The smallest absolute Gasteiger partial charge is 0.342 e. The number of allylic oxidation sites excluding steroid dienone is 2. The number of cyclic esters (lactones) is 1. The van der Waals surface area contributed by atoms with Gasteiger partial charge in [0.2, 0.25) is 0 Å². The van der Waals surface area contributed by atoms with Crippen molar-refractivity contribution in [1.29, 1.82) is 5.26 Å². The minimum absolute atomic E-state index is 0.0632. The summed E-state index contributed by atoms with van der Waals surface area (Å²) in [6.07, 6.45) is 2.99. The van der Waals surface area contributed by atoms with E-state index in [0.29, 0.717) is 43.1 Å². The van der Waals surface area contributed by atoms with E-state index in [0.717, 1.165) is 28.3 Å². The zero-order valence-electron chi connectivity index (χ0n) is 21.5. The van der Waals surface area contributed by atoms with Gasteiger partial charge in [-0.05, 0) is 45.2 Å². The molecule has 34 heavy (non-hydrogen) atoms. The molecule has 0 N–H and O–H groups in total. The molecular formula is C26H37NO6Si. The zero-order valence-corrected chi connectivity index (χ0v) is 22.5. The predicted molar refractivity (Wildman–Crippen MR) is 133 cm³/mol. The van der Waals surface area contributed by atoms with Gasteiger partial charge >= 0.3 is 11.9 Å². The second-order valence-corrected chi connectivity index (χ2v) is 15.5. The lowest BCUT2D eigenvalue weighted by Crippen LogP contribution is -2.23. The number of hydrogen-bond acceptors (Lipinski definition) is 7. The maximum absolute atomic E-state index is 12.6. The fourth-order valence-electron chi connectivity index (χ4n) is 3.96. The van der Waals surface area contributed by atoms with Gasteiger partial charge in [-0.3, -0.25) is 4.79 Å². The Morgan fingerprint density at radius 3 is 2.56 bits per heavy atom. The Bertz CT molecular complexity index is 987. The lowest BCUT2D eigenvalue weighted by atomic mass is 9.93. The SMILES string of the molecule is CCOC(=O)CC(C#N)C/C(C)=C/Cc1c(OC)c(C)c2c(c1OCC[Si](C)(C)C)C(=O)OC2. The highest BCUT2D eigenvalue weighted by Crippen LogP contribution is 2.43. The number of nitriles is 1. The highest BCUT2D eigenvalue weighted by Gasteiger charge is 2.33. The van der Waals surface area contributed by atoms with Gasteiger partial charge in [0, 0.05) is 19.2 Å². The van der Waals surface area contributed by atoms with Crippen molar-refractivity contribution in [2.75, 3.05) is 20.3 Å². The third kappa shape index (κ3) is 7.10. The van der Waals surface area contributed by atoms with Gasteiger partial charge in [-0.1, -0.05) is 31.3 Å². The number of fused-ring (bicyclic) bond motifs is 1. The summed E-state index contributed by atoms with van der Waals surface area (Å²) in [5, 5.41) is 9.46.